The zero-order valence-electron chi connectivity index (χ0n) is 13.1. The van der Waals surface area contributed by atoms with E-state index in [0.29, 0.717) is 0 Å². The molecule has 136 valence electrons. The Kier molecular flexibility index (Phi) is 6.28. The highest BCUT2D eigenvalue weighted by Gasteiger charge is 2.15. The lowest BCUT2D eigenvalue weighted by atomic mass is 10.3. The molecule has 0 aliphatic heterocycles. The average molecular weight is 382 g/mol. The van der Waals surface area contributed by atoms with E-state index in [-0.39, 0.29) is 22.2 Å². The number of nitrogens with zero attached hydrogens (tertiary/aromatic N) is 1. The fourth-order valence-electron chi connectivity index (χ4n) is 1.75. The molecule has 0 aliphatic rings. The Morgan fingerprint density at radius 1 is 1.27 bits per heavy atom. The third-order valence-electron chi connectivity index (χ3n) is 2.94. The van der Waals surface area contributed by atoms with Crippen molar-refractivity contribution >= 4 is 40.8 Å². The van der Waals surface area contributed by atoms with Crippen LogP contribution in [0.25, 0.3) is 0 Å². The Labute approximate surface area is 151 Å². The zero-order chi connectivity index (χ0) is 19.1. The van der Waals surface area contributed by atoms with E-state index in [1.807, 2.05) is 0 Å². The molecule has 0 saturated heterocycles. The van der Waals surface area contributed by atoms with Gasteiger partial charge >= 0.3 is 5.97 Å². The SMILES string of the molecule is O=C(COC(=O)CNC(=O)c1ccco1)Nc1cc([N+](=O)[O-])ccc1Cl. The summed E-state index contributed by atoms with van der Waals surface area (Å²) in [6, 6.07) is 6.43. The molecule has 1 aromatic heterocycles. The summed E-state index contributed by atoms with van der Waals surface area (Å²) in [6.07, 6.45) is 1.30. The first-order valence-electron chi connectivity index (χ1n) is 7.08. The van der Waals surface area contributed by atoms with Crippen LogP contribution in [0.3, 0.4) is 0 Å². The van der Waals surface area contributed by atoms with E-state index in [2.05, 4.69) is 15.4 Å². The monoisotopic (exact) mass is 381 g/mol. The molecule has 2 rings (SSSR count). The number of amides is 2. The minimum absolute atomic E-state index is 0.00744. The van der Waals surface area contributed by atoms with Gasteiger partial charge in [-0.05, 0) is 18.2 Å². The van der Waals surface area contributed by atoms with E-state index in [4.69, 9.17) is 16.0 Å². The van der Waals surface area contributed by atoms with Crippen LogP contribution in [0, 0.1) is 10.1 Å². The van der Waals surface area contributed by atoms with Crippen molar-refractivity contribution < 1.29 is 28.5 Å². The second-order valence-electron chi connectivity index (χ2n) is 4.79. The van der Waals surface area contributed by atoms with Crippen molar-refractivity contribution in [2.24, 2.45) is 0 Å². The Morgan fingerprint density at radius 3 is 2.69 bits per heavy atom. The van der Waals surface area contributed by atoms with Crippen LogP contribution in [0.1, 0.15) is 10.6 Å². The highest BCUT2D eigenvalue weighted by atomic mass is 35.5. The molecule has 0 fully saturated rings. The third kappa shape index (κ3) is 5.31. The number of hydrogen-bond donors (Lipinski definition) is 2. The van der Waals surface area contributed by atoms with Crippen molar-refractivity contribution in [1.29, 1.82) is 0 Å². The molecule has 0 radical (unpaired) electrons. The number of nitro benzene ring substituents is 1. The molecule has 0 atom stereocenters. The molecule has 2 amide bonds. The molecular weight excluding hydrogens is 370 g/mol. The maximum absolute atomic E-state index is 11.8. The number of nitro groups is 1. The molecule has 26 heavy (non-hydrogen) atoms. The van der Waals surface area contributed by atoms with Crippen LogP contribution in [-0.2, 0) is 14.3 Å². The number of benzene rings is 1. The van der Waals surface area contributed by atoms with Gasteiger partial charge in [0.25, 0.3) is 17.5 Å². The molecule has 2 N–H and O–H groups in total. The summed E-state index contributed by atoms with van der Waals surface area (Å²) in [5, 5.41) is 15.3. The largest absolute Gasteiger partial charge is 0.459 e. The number of furan rings is 1. The van der Waals surface area contributed by atoms with E-state index in [1.54, 1.807) is 0 Å². The summed E-state index contributed by atoms with van der Waals surface area (Å²) in [7, 11) is 0. The van der Waals surface area contributed by atoms with E-state index in [0.717, 1.165) is 6.07 Å². The molecule has 2 aromatic rings. The number of rotatable bonds is 7. The van der Waals surface area contributed by atoms with Gasteiger partial charge in [-0.2, -0.15) is 0 Å². The number of anilines is 1. The van der Waals surface area contributed by atoms with Gasteiger partial charge in [0.1, 0.15) is 6.54 Å². The smallest absolute Gasteiger partial charge is 0.325 e. The number of carbonyl (C=O) groups excluding carboxylic acids is 3. The van der Waals surface area contributed by atoms with Crippen LogP contribution in [-0.4, -0.2) is 35.9 Å². The van der Waals surface area contributed by atoms with Gasteiger partial charge in [-0.3, -0.25) is 24.5 Å². The van der Waals surface area contributed by atoms with E-state index in [1.165, 1.54) is 30.5 Å². The van der Waals surface area contributed by atoms with Gasteiger partial charge in [0, 0.05) is 12.1 Å². The summed E-state index contributed by atoms with van der Waals surface area (Å²) >= 11 is 5.84. The lowest BCUT2D eigenvalue weighted by Crippen LogP contribution is -2.32. The predicted octanol–water partition coefficient (Wildman–Crippen LogP) is 1.75. The number of nitrogens with one attached hydrogen (secondary N) is 2. The zero-order valence-corrected chi connectivity index (χ0v) is 13.8. The first-order valence-corrected chi connectivity index (χ1v) is 7.45. The van der Waals surface area contributed by atoms with Crippen LogP contribution in [0.5, 0.6) is 0 Å². The first kappa shape index (κ1) is 18.9. The number of ether oxygens (including phenoxy) is 1. The highest BCUT2D eigenvalue weighted by molar-refractivity contribution is 6.33. The standard InChI is InChI=1S/C15H12ClN3O7/c16-10-4-3-9(19(23)24)6-11(10)18-13(20)8-26-14(21)7-17-15(22)12-2-1-5-25-12/h1-6H,7-8H2,(H,17,22)(H,18,20). The van der Waals surface area contributed by atoms with Crippen LogP contribution in [0.15, 0.2) is 41.0 Å². The third-order valence-corrected chi connectivity index (χ3v) is 3.27. The fraction of sp³-hybridized carbons (Fsp3) is 0.133. The first-order chi connectivity index (χ1) is 12.4. The van der Waals surface area contributed by atoms with Gasteiger partial charge in [-0.15, -0.1) is 0 Å². The van der Waals surface area contributed by atoms with Crippen LogP contribution < -0.4 is 10.6 Å². The number of esters is 1. The quantitative estimate of drug-likeness (QED) is 0.422. The van der Waals surface area contributed by atoms with Crippen LogP contribution in [0.2, 0.25) is 5.02 Å². The maximum atomic E-state index is 11.8. The Balaban J connectivity index is 1.79. The van der Waals surface area contributed by atoms with Crippen molar-refractivity contribution in [1.82, 2.24) is 5.32 Å². The topological polar surface area (TPSA) is 141 Å². The Bertz CT molecular complexity index is 836. The minimum atomic E-state index is -0.856. The van der Waals surface area contributed by atoms with Gasteiger partial charge in [-0.25, -0.2) is 0 Å². The van der Waals surface area contributed by atoms with Crippen molar-refractivity contribution in [3.8, 4) is 0 Å². The second-order valence-corrected chi connectivity index (χ2v) is 5.20. The molecular formula is C15H12ClN3O7. The van der Waals surface area contributed by atoms with E-state index >= 15 is 0 Å². The van der Waals surface area contributed by atoms with E-state index in [9.17, 15) is 24.5 Å². The number of non-ortho nitro benzene ring substituents is 1. The van der Waals surface area contributed by atoms with Crippen molar-refractivity contribution in [2.75, 3.05) is 18.5 Å². The molecule has 0 bridgehead atoms. The summed E-state index contributed by atoms with van der Waals surface area (Å²) in [4.78, 5) is 44.9. The molecule has 0 aliphatic carbocycles. The van der Waals surface area contributed by atoms with Gasteiger partial charge < -0.3 is 19.8 Å². The number of halogens is 1. The highest BCUT2D eigenvalue weighted by Crippen LogP contribution is 2.26. The lowest BCUT2D eigenvalue weighted by molar-refractivity contribution is -0.384. The molecule has 0 saturated carbocycles. The molecule has 0 unspecified atom stereocenters. The van der Waals surface area contributed by atoms with Crippen molar-refractivity contribution in [3.05, 3.63) is 57.5 Å². The molecule has 11 heteroatoms. The van der Waals surface area contributed by atoms with Crippen molar-refractivity contribution in [3.63, 3.8) is 0 Å². The normalized spacial score (nSPS) is 10.0. The maximum Gasteiger partial charge on any atom is 0.325 e. The number of carbonyl (C=O) groups is 3. The summed E-state index contributed by atoms with van der Waals surface area (Å²) in [6.45, 7) is -1.13. The van der Waals surface area contributed by atoms with Crippen molar-refractivity contribution in [2.45, 2.75) is 0 Å². The Hall–Kier alpha value is -3.40. The average Bonchev–Trinajstić information content (AvgIpc) is 3.14. The summed E-state index contributed by atoms with van der Waals surface area (Å²) in [5.74, 6) is -2.20. The summed E-state index contributed by atoms with van der Waals surface area (Å²) in [5.41, 5.74) is -0.254. The second kappa shape index (κ2) is 8.62. The predicted molar refractivity (Wildman–Crippen MR) is 88.7 cm³/mol. The fourth-order valence-corrected chi connectivity index (χ4v) is 1.92. The minimum Gasteiger partial charge on any atom is -0.459 e. The Morgan fingerprint density at radius 2 is 2.04 bits per heavy atom. The number of hydrogen-bond acceptors (Lipinski definition) is 7. The lowest BCUT2D eigenvalue weighted by Gasteiger charge is -2.08. The molecule has 0 spiro atoms. The van der Waals surface area contributed by atoms with Gasteiger partial charge in [0.2, 0.25) is 0 Å². The molecule has 1 aromatic carbocycles. The van der Waals surface area contributed by atoms with Crippen LogP contribution in [0.4, 0.5) is 11.4 Å². The summed E-state index contributed by atoms with van der Waals surface area (Å²) < 4.78 is 9.53. The molecule has 1 heterocycles. The van der Waals surface area contributed by atoms with Gasteiger partial charge in [0.05, 0.1) is 21.9 Å². The molecule has 10 nitrogen and oxygen atoms in total. The van der Waals surface area contributed by atoms with Crippen LogP contribution >= 0.6 is 11.6 Å². The van der Waals surface area contributed by atoms with E-state index < -0.39 is 35.9 Å². The van der Waals surface area contributed by atoms with Gasteiger partial charge in [0.15, 0.2) is 12.4 Å². The van der Waals surface area contributed by atoms with Gasteiger partial charge in [-0.1, -0.05) is 11.6 Å².